The van der Waals surface area contributed by atoms with Crippen LogP contribution in [-0.4, -0.2) is 57.6 Å². The average molecular weight is 482 g/mol. The maximum atomic E-state index is 13.5. The molecule has 3 aromatic rings. The average Bonchev–Trinajstić information content (AvgIpc) is 3.12. The van der Waals surface area contributed by atoms with Crippen molar-refractivity contribution in [1.82, 2.24) is 9.88 Å². The van der Waals surface area contributed by atoms with E-state index in [9.17, 15) is 13.2 Å². The molecule has 1 aromatic heterocycles. The molecule has 31 heavy (non-hydrogen) atoms. The number of nitrogens with zero attached hydrogens (tertiary/aromatic N) is 3. The maximum Gasteiger partial charge on any atom is 0.261 e. The van der Waals surface area contributed by atoms with Crippen LogP contribution in [0.4, 0.5) is 5.13 Å². The van der Waals surface area contributed by atoms with Gasteiger partial charge < -0.3 is 4.90 Å². The lowest BCUT2D eigenvalue weighted by atomic mass is 10.2. The van der Waals surface area contributed by atoms with Crippen molar-refractivity contribution in [2.75, 3.05) is 38.3 Å². The van der Waals surface area contributed by atoms with Crippen molar-refractivity contribution in [3.8, 4) is 0 Å². The highest BCUT2D eigenvalue weighted by molar-refractivity contribution is 7.90. The van der Waals surface area contributed by atoms with Gasteiger partial charge in [0, 0.05) is 12.8 Å². The van der Waals surface area contributed by atoms with Gasteiger partial charge in [-0.25, -0.2) is 13.4 Å². The Morgan fingerprint density at radius 3 is 2.45 bits per heavy atom. The summed E-state index contributed by atoms with van der Waals surface area (Å²) in [4.78, 5) is 21.9. The van der Waals surface area contributed by atoms with E-state index in [0.29, 0.717) is 11.7 Å². The third-order valence-corrected chi connectivity index (χ3v) is 7.03. The number of anilines is 1. The van der Waals surface area contributed by atoms with Crippen molar-refractivity contribution in [2.45, 2.75) is 24.7 Å². The molecule has 1 heterocycles. The van der Waals surface area contributed by atoms with Gasteiger partial charge in [-0.2, -0.15) is 0 Å². The fraction of sp³-hybridized carbons (Fsp3) is 0.364. The van der Waals surface area contributed by atoms with Crippen LogP contribution >= 0.6 is 23.7 Å². The predicted octanol–water partition coefficient (Wildman–Crippen LogP) is 4.28. The SMILES string of the molecule is CCc1ccc2nc(N(CCCN(C)C)C(=O)c3ccccc3S(C)(=O)=O)sc2c1.Cl. The van der Waals surface area contributed by atoms with E-state index in [2.05, 4.69) is 22.9 Å². The van der Waals surface area contributed by atoms with E-state index in [0.717, 1.165) is 35.9 Å². The normalized spacial score (nSPS) is 11.5. The van der Waals surface area contributed by atoms with Gasteiger partial charge in [0.05, 0.1) is 20.7 Å². The zero-order valence-electron chi connectivity index (χ0n) is 18.2. The van der Waals surface area contributed by atoms with E-state index in [1.54, 1.807) is 23.1 Å². The summed E-state index contributed by atoms with van der Waals surface area (Å²) in [6.07, 6.45) is 2.80. The van der Waals surface area contributed by atoms with Gasteiger partial charge >= 0.3 is 0 Å². The molecule has 0 spiro atoms. The van der Waals surface area contributed by atoms with Crippen molar-refractivity contribution in [3.63, 3.8) is 0 Å². The number of hydrogen-bond donors (Lipinski definition) is 0. The quantitative estimate of drug-likeness (QED) is 0.480. The van der Waals surface area contributed by atoms with Crippen LogP contribution in [0.3, 0.4) is 0 Å². The second-order valence-electron chi connectivity index (χ2n) is 7.53. The van der Waals surface area contributed by atoms with Crippen molar-refractivity contribution in [2.24, 2.45) is 0 Å². The summed E-state index contributed by atoms with van der Waals surface area (Å²) in [5.41, 5.74) is 2.23. The molecule has 0 atom stereocenters. The summed E-state index contributed by atoms with van der Waals surface area (Å²) in [5, 5.41) is 0.588. The highest BCUT2D eigenvalue weighted by Crippen LogP contribution is 2.31. The molecular weight excluding hydrogens is 454 g/mol. The molecule has 168 valence electrons. The number of halogens is 1. The van der Waals surface area contributed by atoms with E-state index >= 15 is 0 Å². The first-order valence-corrected chi connectivity index (χ1v) is 12.6. The van der Waals surface area contributed by atoms with E-state index in [4.69, 9.17) is 0 Å². The van der Waals surface area contributed by atoms with Gasteiger partial charge in [0.15, 0.2) is 15.0 Å². The molecule has 9 heteroatoms. The monoisotopic (exact) mass is 481 g/mol. The summed E-state index contributed by atoms with van der Waals surface area (Å²) in [6.45, 7) is 3.36. The van der Waals surface area contributed by atoms with Crippen LogP contribution in [0.1, 0.15) is 29.3 Å². The van der Waals surface area contributed by atoms with Crippen molar-refractivity contribution >= 4 is 54.8 Å². The van der Waals surface area contributed by atoms with Crippen molar-refractivity contribution in [3.05, 3.63) is 53.6 Å². The zero-order valence-corrected chi connectivity index (χ0v) is 20.6. The van der Waals surface area contributed by atoms with Crippen molar-refractivity contribution in [1.29, 1.82) is 0 Å². The van der Waals surface area contributed by atoms with Gasteiger partial charge in [0.1, 0.15) is 0 Å². The summed E-state index contributed by atoms with van der Waals surface area (Å²) >= 11 is 1.46. The second kappa shape index (κ2) is 10.5. The minimum Gasteiger partial charge on any atom is -0.309 e. The number of benzene rings is 2. The molecule has 2 aromatic carbocycles. The molecule has 0 saturated heterocycles. The van der Waals surface area contributed by atoms with Gasteiger partial charge in [-0.3, -0.25) is 9.69 Å². The Bertz CT molecular complexity index is 1160. The molecule has 0 fully saturated rings. The fourth-order valence-corrected chi connectivity index (χ4v) is 5.17. The number of sulfone groups is 1. The van der Waals surface area contributed by atoms with Crippen LogP contribution < -0.4 is 4.90 Å². The molecule has 3 rings (SSSR count). The molecule has 6 nitrogen and oxygen atoms in total. The van der Waals surface area contributed by atoms with Crippen LogP contribution in [0.25, 0.3) is 10.2 Å². The van der Waals surface area contributed by atoms with Crippen LogP contribution in [0, 0.1) is 0 Å². The van der Waals surface area contributed by atoms with E-state index in [1.807, 2.05) is 26.2 Å². The predicted molar refractivity (Wildman–Crippen MR) is 131 cm³/mol. The van der Waals surface area contributed by atoms with Crippen molar-refractivity contribution < 1.29 is 13.2 Å². The Labute approximate surface area is 194 Å². The Morgan fingerprint density at radius 2 is 1.81 bits per heavy atom. The number of rotatable bonds is 8. The third kappa shape index (κ3) is 6.04. The van der Waals surface area contributed by atoms with Gasteiger partial charge in [0.2, 0.25) is 0 Å². The molecule has 0 saturated carbocycles. The van der Waals surface area contributed by atoms with Gasteiger partial charge in [0.25, 0.3) is 5.91 Å². The third-order valence-electron chi connectivity index (χ3n) is 4.83. The molecule has 1 amide bonds. The Kier molecular flexibility index (Phi) is 8.59. The summed E-state index contributed by atoms with van der Waals surface area (Å²) < 4.78 is 25.5. The summed E-state index contributed by atoms with van der Waals surface area (Å²) in [6, 6.07) is 12.5. The number of carbonyl (C=O) groups is 1. The van der Waals surface area contributed by atoms with E-state index < -0.39 is 9.84 Å². The van der Waals surface area contributed by atoms with E-state index in [1.165, 1.54) is 23.0 Å². The van der Waals surface area contributed by atoms with Crippen LogP contribution in [0.15, 0.2) is 47.4 Å². The Balaban J connectivity index is 0.00000341. The molecule has 0 aliphatic rings. The lowest BCUT2D eigenvalue weighted by Crippen LogP contribution is -2.34. The number of hydrogen-bond acceptors (Lipinski definition) is 6. The molecule has 0 aliphatic heterocycles. The standard InChI is InChI=1S/C22H27N3O3S2.ClH/c1-5-16-11-12-18-19(15-16)29-22(23-18)25(14-8-13-24(2)3)21(26)17-9-6-7-10-20(17)30(4,27)28;/h6-7,9-12,15H,5,8,13-14H2,1-4H3;1H. The van der Waals surface area contributed by atoms with Crippen LogP contribution in [-0.2, 0) is 16.3 Å². The number of carbonyl (C=O) groups excluding carboxylic acids is 1. The minimum atomic E-state index is -3.53. The van der Waals surface area contributed by atoms with E-state index in [-0.39, 0.29) is 28.8 Å². The molecule has 0 bridgehead atoms. The number of thiazole rings is 1. The number of fused-ring (bicyclic) bond motifs is 1. The maximum absolute atomic E-state index is 13.5. The first-order valence-electron chi connectivity index (χ1n) is 9.86. The molecule has 0 N–H and O–H groups in total. The summed E-state index contributed by atoms with van der Waals surface area (Å²) in [7, 11) is 0.428. The first-order chi connectivity index (χ1) is 14.2. The Hall–Kier alpha value is -2.00. The largest absolute Gasteiger partial charge is 0.309 e. The number of aryl methyl sites for hydroxylation is 1. The topological polar surface area (TPSA) is 70.6 Å². The first kappa shape index (κ1) is 25.3. The Morgan fingerprint density at radius 1 is 1.10 bits per heavy atom. The zero-order chi connectivity index (χ0) is 21.9. The molecular formula is C22H28ClN3O3S2. The van der Waals surface area contributed by atoms with Crippen LogP contribution in [0.2, 0.25) is 0 Å². The number of aromatic nitrogens is 1. The number of amides is 1. The lowest BCUT2D eigenvalue weighted by molar-refractivity contribution is 0.0983. The molecule has 0 radical (unpaired) electrons. The van der Waals surface area contributed by atoms with Gasteiger partial charge in [-0.05, 0) is 63.3 Å². The highest BCUT2D eigenvalue weighted by Gasteiger charge is 2.26. The van der Waals surface area contributed by atoms with Gasteiger partial charge in [-0.1, -0.05) is 36.5 Å². The highest BCUT2D eigenvalue weighted by atomic mass is 35.5. The fourth-order valence-electron chi connectivity index (χ4n) is 3.23. The molecule has 0 aliphatic carbocycles. The smallest absolute Gasteiger partial charge is 0.261 e. The van der Waals surface area contributed by atoms with Crippen LogP contribution in [0.5, 0.6) is 0 Å². The lowest BCUT2D eigenvalue weighted by Gasteiger charge is -2.22. The summed E-state index contributed by atoms with van der Waals surface area (Å²) in [5.74, 6) is -0.343. The second-order valence-corrected chi connectivity index (χ2v) is 10.5. The molecule has 0 unspecified atom stereocenters. The van der Waals surface area contributed by atoms with Gasteiger partial charge in [-0.15, -0.1) is 12.4 Å². The minimum absolute atomic E-state index is 0.